The van der Waals surface area contributed by atoms with Crippen LogP contribution >= 0.6 is 0 Å². The van der Waals surface area contributed by atoms with Gasteiger partial charge in [0.15, 0.2) is 11.6 Å². The number of carbonyl (C=O) groups is 4. The van der Waals surface area contributed by atoms with E-state index < -0.39 is 11.4 Å². The standard InChI is InChI=1S/C31H48O3.C30H46O4/c1-19(32)28(5)14-13-27(4)15-16-30(7)20(21(27)18-28)17-22(33)25-29(6)11-10-24(34)26(2,3)23(29)9-12-31(25,30)8;1-25(2)21-8-11-30(7)23(28(21,5)10-9-22(25)32)20(31)16-18-19-17-27(4,24(33)34)13-12-26(19,3)14-15-29(18,30)6/h17,21,23-25,34H,9-16,18H2,1-8H3;16,19,21-23,32H,8-15,17H2,1-7H3,(H,33,34)/t21-,23-,24-,25+,27+,28-,29-,30+,31+;19-,21-,22-,23+,26+,27-,28-,29+,30+/m00/s1. The van der Waals surface area contributed by atoms with Crippen molar-refractivity contribution in [3.8, 4) is 0 Å². The fraction of sp³-hybridized carbons (Fsp3) is 0.869. The molecule has 380 valence electrons. The Kier molecular flexibility index (Phi) is 11.4. The number of carboxylic acid groups (broad SMARTS) is 1. The van der Waals surface area contributed by atoms with Crippen LogP contribution in [0.15, 0.2) is 23.3 Å². The first-order valence-corrected chi connectivity index (χ1v) is 27.7. The Labute approximate surface area is 411 Å². The topological polar surface area (TPSA) is 129 Å². The smallest absolute Gasteiger partial charge is 0.309 e. The van der Waals surface area contributed by atoms with E-state index in [9.17, 15) is 34.5 Å². The van der Waals surface area contributed by atoms with Gasteiger partial charge >= 0.3 is 5.97 Å². The highest BCUT2D eigenvalue weighted by atomic mass is 16.4. The second-order valence-electron chi connectivity index (χ2n) is 30.1. The van der Waals surface area contributed by atoms with Crippen LogP contribution in [-0.4, -0.2) is 50.8 Å². The molecule has 10 aliphatic carbocycles. The summed E-state index contributed by atoms with van der Waals surface area (Å²) in [4.78, 5) is 53.4. The van der Waals surface area contributed by atoms with Gasteiger partial charge in [0, 0.05) is 17.3 Å². The zero-order valence-electron chi connectivity index (χ0n) is 45.5. The number of fused-ring (bicyclic) bond motifs is 14. The first-order valence-electron chi connectivity index (χ1n) is 27.7. The number of carboxylic acids is 1. The zero-order chi connectivity index (χ0) is 50.2. The summed E-state index contributed by atoms with van der Waals surface area (Å²) in [7, 11) is 0. The highest BCUT2D eigenvalue weighted by Crippen LogP contribution is 2.77. The number of ketones is 3. The number of allylic oxidation sites excluding steroid dienone is 4. The van der Waals surface area contributed by atoms with Crippen LogP contribution in [0.5, 0.6) is 0 Å². The lowest BCUT2D eigenvalue weighted by atomic mass is 9.33. The minimum atomic E-state index is -0.711. The molecule has 7 heteroatoms. The predicted octanol–water partition coefficient (Wildman–Crippen LogP) is 13.3. The van der Waals surface area contributed by atoms with Crippen molar-refractivity contribution in [3.63, 3.8) is 0 Å². The van der Waals surface area contributed by atoms with Gasteiger partial charge in [-0.15, -0.1) is 0 Å². The summed E-state index contributed by atoms with van der Waals surface area (Å²) in [6.45, 7) is 34.0. The van der Waals surface area contributed by atoms with Gasteiger partial charge in [0.05, 0.1) is 17.6 Å². The molecule has 10 rings (SSSR count). The minimum Gasteiger partial charge on any atom is -0.481 e. The molecule has 8 fully saturated rings. The zero-order valence-corrected chi connectivity index (χ0v) is 45.5. The predicted molar refractivity (Wildman–Crippen MR) is 269 cm³/mol. The second-order valence-corrected chi connectivity index (χ2v) is 30.1. The third kappa shape index (κ3) is 6.45. The molecule has 0 bridgehead atoms. The lowest BCUT2D eigenvalue weighted by Gasteiger charge is -2.70. The maximum Gasteiger partial charge on any atom is 0.309 e. The molecule has 0 amide bonds. The Morgan fingerprint density at radius 3 is 1.21 bits per heavy atom. The van der Waals surface area contributed by atoms with E-state index in [4.69, 9.17) is 0 Å². The van der Waals surface area contributed by atoms with Crippen LogP contribution in [-0.2, 0) is 19.2 Å². The summed E-state index contributed by atoms with van der Waals surface area (Å²) in [6.07, 6.45) is 21.0. The number of hydrogen-bond donors (Lipinski definition) is 3. The quantitative estimate of drug-likeness (QED) is 0.251. The summed E-state index contributed by atoms with van der Waals surface area (Å²) in [5.74, 6) is 1.43. The monoisotopic (exact) mass is 939 g/mol. The molecule has 0 radical (unpaired) electrons. The molecule has 0 saturated heterocycles. The molecule has 0 aromatic carbocycles. The van der Waals surface area contributed by atoms with Crippen molar-refractivity contribution in [1.82, 2.24) is 0 Å². The molecule has 10 aliphatic rings. The number of aliphatic hydroxyl groups is 2. The Balaban J connectivity index is 0.000000170. The van der Waals surface area contributed by atoms with Gasteiger partial charge in [-0.25, -0.2) is 0 Å². The molecule has 0 aromatic rings. The minimum absolute atomic E-state index is 0.00101. The van der Waals surface area contributed by atoms with Crippen LogP contribution in [0.1, 0.15) is 219 Å². The lowest BCUT2D eigenvalue weighted by Crippen LogP contribution is -2.66. The van der Waals surface area contributed by atoms with Crippen LogP contribution in [0.4, 0.5) is 0 Å². The van der Waals surface area contributed by atoms with Crippen LogP contribution in [0.3, 0.4) is 0 Å². The molecule has 0 heterocycles. The van der Waals surface area contributed by atoms with Crippen LogP contribution in [0, 0.1) is 100 Å². The van der Waals surface area contributed by atoms with Crippen molar-refractivity contribution in [3.05, 3.63) is 23.3 Å². The van der Waals surface area contributed by atoms with Crippen molar-refractivity contribution < 1.29 is 34.5 Å². The van der Waals surface area contributed by atoms with E-state index in [1.807, 2.05) is 13.0 Å². The third-order valence-corrected chi connectivity index (χ3v) is 26.5. The average Bonchev–Trinajstić information content (AvgIpc) is 3.24. The number of aliphatic hydroxyl groups excluding tert-OH is 2. The Bertz CT molecular complexity index is 2080. The number of carbonyl (C=O) groups excluding carboxylic acids is 3. The van der Waals surface area contributed by atoms with Gasteiger partial charge in [0.1, 0.15) is 5.78 Å². The number of rotatable bonds is 2. The normalized spacial score (nSPS) is 54.1. The summed E-state index contributed by atoms with van der Waals surface area (Å²) < 4.78 is 0. The SMILES string of the molecule is CC(=O)[C@@]1(C)CC[C@]2(C)CC[C@]3(C)C(=CC(=O)[C@@H]4[C@@]5(C)CC[C@H](O)C(C)(C)[C@@H]5CC[C@]43C)[C@@H]2C1.CC1(C)[C@@H](O)CC[C@]2(C)[C@H]3C(=O)C=C4[C@@H]5C[C@@](C)(C(=O)O)CC[C@]5(C)CC[C@@]4(C)[C@]3(C)CC[C@@H]12. The fourth-order valence-corrected chi connectivity index (χ4v) is 20.9. The van der Waals surface area contributed by atoms with Crippen LogP contribution in [0.2, 0.25) is 0 Å². The molecule has 7 nitrogen and oxygen atoms in total. The third-order valence-electron chi connectivity index (χ3n) is 26.5. The fourth-order valence-electron chi connectivity index (χ4n) is 20.9. The summed E-state index contributed by atoms with van der Waals surface area (Å²) in [5, 5.41) is 31.8. The van der Waals surface area contributed by atoms with Crippen molar-refractivity contribution in [2.75, 3.05) is 0 Å². The molecular formula is C61H94O7. The van der Waals surface area contributed by atoms with E-state index in [2.05, 4.69) is 96.1 Å². The first-order chi connectivity index (χ1) is 31.1. The van der Waals surface area contributed by atoms with Gasteiger partial charge in [0.2, 0.25) is 0 Å². The summed E-state index contributed by atoms with van der Waals surface area (Å²) in [6, 6.07) is 0. The number of Topliss-reactive ketones (excluding diaryl/α,β-unsaturated/α-hetero) is 1. The second kappa shape index (κ2) is 15.2. The maximum absolute atomic E-state index is 14.3. The Morgan fingerprint density at radius 1 is 0.485 bits per heavy atom. The van der Waals surface area contributed by atoms with E-state index >= 15 is 0 Å². The molecule has 0 aliphatic heterocycles. The van der Waals surface area contributed by atoms with Gasteiger partial charge in [-0.1, -0.05) is 101 Å². The van der Waals surface area contributed by atoms with Gasteiger partial charge < -0.3 is 15.3 Å². The molecule has 0 aromatic heterocycles. The Morgan fingerprint density at radius 2 is 0.838 bits per heavy atom. The van der Waals surface area contributed by atoms with Crippen molar-refractivity contribution >= 4 is 23.3 Å². The molecular weight excluding hydrogens is 845 g/mol. The van der Waals surface area contributed by atoms with E-state index in [0.717, 1.165) is 103 Å². The lowest BCUT2D eigenvalue weighted by molar-refractivity contribution is -0.202. The van der Waals surface area contributed by atoms with Crippen LogP contribution in [0.25, 0.3) is 0 Å². The highest BCUT2D eigenvalue weighted by molar-refractivity contribution is 5.96. The van der Waals surface area contributed by atoms with Crippen molar-refractivity contribution in [2.45, 2.75) is 232 Å². The van der Waals surface area contributed by atoms with Crippen molar-refractivity contribution in [1.29, 1.82) is 0 Å². The van der Waals surface area contributed by atoms with E-state index in [-0.39, 0.29) is 95.3 Å². The Hall–Kier alpha value is -2.12. The first kappa shape index (κ1) is 50.8. The van der Waals surface area contributed by atoms with E-state index in [1.165, 1.54) is 17.6 Å². The van der Waals surface area contributed by atoms with Gasteiger partial charge in [-0.3, -0.25) is 19.2 Å². The number of aliphatic carboxylic acids is 1. The molecule has 0 unspecified atom stereocenters. The molecule has 18 atom stereocenters. The van der Waals surface area contributed by atoms with Gasteiger partial charge in [0.25, 0.3) is 0 Å². The van der Waals surface area contributed by atoms with E-state index in [1.54, 1.807) is 6.92 Å². The summed E-state index contributed by atoms with van der Waals surface area (Å²) >= 11 is 0. The largest absolute Gasteiger partial charge is 0.481 e. The molecule has 8 saturated carbocycles. The van der Waals surface area contributed by atoms with Gasteiger partial charge in [-0.2, -0.15) is 0 Å². The summed E-state index contributed by atoms with van der Waals surface area (Å²) in [5.41, 5.74) is 1.16. The van der Waals surface area contributed by atoms with Crippen molar-refractivity contribution in [2.24, 2.45) is 100 Å². The average molecular weight is 939 g/mol. The molecule has 0 spiro atoms. The van der Waals surface area contributed by atoms with Crippen LogP contribution < -0.4 is 0 Å². The van der Waals surface area contributed by atoms with Gasteiger partial charge in [-0.05, 0) is 219 Å². The highest BCUT2D eigenvalue weighted by Gasteiger charge is 2.72. The molecule has 68 heavy (non-hydrogen) atoms. The number of hydrogen-bond acceptors (Lipinski definition) is 6. The maximum atomic E-state index is 14.3. The van der Waals surface area contributed by atoms with E-state index in [0.29, 0.717) is 35.7 Å². The molecule has 3 N–H and O–H groups in total.